The first-order valence-corrected chi connectivity index (χ1v) is 12.3. The van der Waals surface area contributed by atoms with Gasteiger partial charge >= 0.3 is 5.97 Å². The number of benzene rings is 2. The van der Waals surface area contributed by atoms with Crippen LogP contribution in [0.15, 0.2) is 47.3 Å². The van der Waals surface area contributed by atoms with E-state index in [2.05, 4.69) is 5.32 Å². The van der Waals surface area contributed by atoms with Gasteiger partial charge in [-0.1, -0.05) is 13.8 Å². The average molecular weight is 546 g/mol. The van der Waals surface area contributed by atoms with Crippen LogP contribution in [0.4, 0.5) is 19.0 Å². The van der Waals surface area contributed by atoms with Crippen LogP contribution in [0.1, 0.15) is 48.2 Å². The molecule has 0 aliphatic heterocycles. The van der Waals surface area contributed by atoms with Crippen molar-refractivity contribution in [3.8, 4) is 11.4 Å². The molecule has 0 saturated carbocycles. The summed E-state index contributed by atoms with van der Waals surface area (Å²) in [7, 11) is 0. The van der Waals surface area contributed by atoms with Crippen molar-refractivity contribution in [1.29, 1.82) is 0 Å². The largest absolute Gasteiger partial charge is 0.493 e. The zero-order chi connectivity index (χ0) is 28.9. The van der Waals surface area contributed by atoms with E-state index in [9.17, 15) is 23.9 Å². The van der Waals surface area contributed by atoms with E-state index in [1.807, 2.05) is 13.8 Å². The molecule has 1 aromatic heterocycles. The van der Waals surface area contributed by atoms with E-state index >= 15 is 8.78 Å². The molecule has 0 unspecified atom stereocenters. The van der Waals surface area contributed by atoms with Gasteiger partial charge in [0.1, 0.15) is 29.1 Å². The number of aliphatic carboxylic acids is 1. The Kier molecular flexibility index (Phi) is 9.52. The molecule has 0 aliphatic carbocycles. The first-order chi connectivity index (χ1) is 18.4. The molecule has 39 heavy (non-hydrogen) atoms. The molecule has 0 amide bonds. The highest BCUT2D eigenvalue weighted by Gasteiger charge is 2.22. The molecular formula is C28H30F3N3O5. The van der Waals surface area contributed by atoms with E-state index in [1.54, 1.807) is 0 Å². The van der Waals surface area contributed by atoms with E-state index in [0.717, 1.165) is 30.3 Å². The number of carboxylic acid groups (broad SMARTS) is 1. The van der Waals surface area contributed by atoms with Gasteiger partial charge < -0.3 is 20.9 Å². The number of hydrogen-bond acceptors (Lipinski definition) is 6. The number of ketones is 1. The number of aryl methyl sites for hydroxylation is 1. The summed E-state index contributed by atoms with van der Waals surface area (Å²) in [6, 6.07) is 6.82. The van der Waals surface area contributed by atoms with E-state index in [-0.39, 0.29) is 35.0 Å². The van der Waals surface area contributed by atoms with Gasteiger partial charge in [-0.05, 0) is 62.1 Å². The molecule has 0 saturated heterocycles. The summed E-state index contributed by atoms with van der Waals surface area (Å²) in [5.41, 5.74) is 4.50. The van der Waals surface area contributed by atoms with E-state index in [0.29, 0.717) is 24.0 Å². The fourth-order valence-electron chi connectivity index (χ4n) is 4.04. The Bertz CT molecular complexity index is 1420. The maximum absolute atomic E-state index is 15.1. The number of halogens is 3. The van der Waals surface area contributed by atoms with Crippen LogP contribution in [-0.4, -0.2) is 40.6 Å². The second-order valence-corrected chi connectivity index (χ2v) is 9.51. The third kappa shape index (κ3) is 7.05. The predicted octanol–water partition coefficient (Wildman–Crippen LogP) is 4.23. The lowest BCUT2D eigenvalue weighted by atomic mass is 10.0. The van der Waals surface area contributed by atoms with Crippen LogP contribution in [0.2, 0.25) is 0 Å². The number of carboxylic acids is 1. The summed E-state index contributed by atoms with van der Waals surface area (Å²) in [5.74, 6) is -4.87. The van der Waals surface area contributed by atoms with Crippen molar-refractivity contribution in [2.45, 2.75) is 39.7 Å². The molecule has 4 N–H and O–H groups in total. The van der Waals surface area contributed by atoms with Crippen LogP contribution in [0.25, 0.3) is 5.69 Å². The number of carbonyl (C=O) groups excluding carboxylic acids is 1. The molecule has 0 bridgehead atoms. The molecule has 3 aromatic rings. The number of anilines is 1. The van der Waals surface area contributed by atoms with Crippen molar-refractivity contribution in [3.63, 3.8) is 0 Å². The molecule has 0 radical (unpaired) electrons. The van der Waals surface area contributed by atoms with Gasteiger partial charge in [-0.2, -0.15) is 0 Å². The zero-order valence-corrected chi connectivity index (χ0v) is 21.8. The number of nitrogen functional groups attached to an aromatic ring is 1. The molecule has 0 aliphatic rings. The van der Waals surface area contributed by atoms with Crippen molar-refractivity contribution < 1.29 is 32.6 Å². The van der Waals surface area contributed by atoms with Gasteiger partial charge in [0, 0.05) is 23.8 Å². The summed E-state index contributed by atoms with van der Waals surface area (Å²) < 4.78 is 49.7. The lowest BCUT2D eigenvalue weighted by Crippen LogP contribution is -2.38. The molecule has 208 valence electrons. The highest BCUT2D eigenvalue weighted by atomic mass is 19.1. The molecule has 1 heterocycles. The molecule has 3 rings (SSSR count). The number of nitrogens with zero attached hydrogens (tertiary/aromatic N) is 1. The topological polar surface area (TPSA) is 124 Å². The van der Waals surface area contributed by atoms with Crippen molar-refractivity contribution in [1.82, 2.24) is 9.88 Å². The average Bonchev–Trinajstić information content (AvgIpc) is 2.85. The Hall–Kier alpha value is -4.12. The maximum Gasteiger partial charge on any atom is 0.320 e. The van der Waals surface area contributed by atoms with Gasteiger partial charge in [-0.3, -0.25) is 19.0 Å². The van der Waals surface area contributed by atoms with Gasteiger partial charge in [0.25, 0.3) is 5.56 Å². The number of pyridine rings is 1. The first kappa shape index (κ1) is 29.4. The Morgan fingerprint density at radius 1 is 1.05 bits per heavy atom. The Morgan fingerprint density at radius 3 is 2.31 bits per heavy atom. The van der Waals surface area contributed by atoms with Crippen molar-refractivity contribution >= 4 is 17.6 Å². The van der Waals surface area contributed by atoms with Gasteiger partial charge in [-0.25, -0.2) is 13.2 Å². The van der Waals surface area contributed by atoms with Crippen LogP contribution in [0.5, 0.6) is 5.75 Å². The minimum Gasteiger partial charge on any atom is -0.493 e. The molecule has 2 aromatic carbocycles. The fraction of sp³-hybridized carbons (Fsp3) is 0.321. The number of rotatable bonds is 12. The number of carbonyl (C=O) groups is 2. The van der Waals surface area contributed by atoms with Crippen molar-refractivity contribution in [2.24, 2.45) is 5.92 Å². The highest BCUT2D eigenvalue weighted by molar-refractivity contribution is 6.11. The Labute approximate surface area is 223 Å². The smallest absolute Gasteiger partial charge is 0.320 e. The highest BCUT2D eigenvalue weighted by Crippen LogP contribution is 2.27. The summed E-state index contributed by atoms with van der Waals surface area (Å²) in [6.45, 7) is 5.65. The molecule has 11 heteroatoms. The van der Waals surface area contributed by atoms with Crippen LogP contribution in [0.3, 0.4) is 0 Å². The minimum atomic E-state index is -1.15. The summed E-state index contributed by atoms with van der Waals surface area (Å²) in [4.78, 5) is 36.9. The summed E-state index contributed by atoms with van der Waals surface area (Å²) in [6.07, 6.45) is 0.819. The number of aromatic nitrogens is 1. The molecule has 0 fully saturated rings. The van der Waals surface area contributed by atoms with Crippen LogP contribution in [-0.2, 0) is 4.79 Å². The second-order valence-electron chi connectivity index (χ2n) is 9.51. The SMILES string of the molecule is Cc1cc(C(=O)c2ccc(=O)n(-c3c(F)cc(OCCCN[C@@H](CC(C)C)C(=O)O)cc3F)c2N)ccc1F. The number of nitrogens with two attached hydrogens (primary N) is 1. The third-order valence-corrected chi connectivity index (χ3v) is 5.99. The van der Waals surface area contributed by atoms with Crippen molar-refractivity contribution in [2.75, 3.05) is 18.9 Å². The Balaban J connectivity index is 1.78. The van der Waals surface area contributed by atoms with E-state index in [1.165, 1.54) is 19.1 Å². The van der Waals surface area contributed by atoms with Gasteiger partial charge in [0.2, 0.25) is 0 Å². The normalized spacial score (nSPS) is 12.0. The van der Waals surface area contributed by atoms with E-state index in [4.69, 9.17) is 10.5 Å². The quantitative estimate of drug-likeness (QED) is 0.230. The summed E-state index contributed by atoms with van der Waals surface area (Å²) in [5, 5.41) is 12.2. The lowest BCUT2D eigenvalue weighted by Gasteiger charge is -2.17. The molecule has 1 atom stereocenters. The maximum atomic E-state index is 15.1. The standard InChI is InChI=1S/C28H30F3N3O5/c1-15(2)11-23(28(37)38)33-9-4-10-39-18-13-21(30)25(22(31)14-18)34-24(35)8-6-19(27(34)32)26(36)17-5-7-20(29)16(3)12-17/h5-8,12-15,23,33H,4,9-11,32H2,1-3H3,(H,37,38)/t23-/m0/s1. The molecular weight excluding hydrogens is 515 g/mol. The summed E-state index contributed by atoms with van der Waals surface area (Å²) >= 11 is 0. The van der Waals surface area contributed by atoms with Gasteiger partial charge in [0.05, 0.1) is 12.2 Å². The number of ether oxygens (including phenoxy) is 1. The third-order valence-electron chi connectivity index (χ3n) is 5.99. The first-order valence-electron chi connectivity index (χ1n) is 12.3. The zero-order valence-electron chi connectivity index (χ0n) is 21.8. The predicted molar refractivity (Wildman–Crippen MR) is 140 cm³/mol. The fourth-order valence-corrected chi connectivity index (χ4v) is 4.04. The van der Waals surface area contributed by atoms with Gasteiger partial charge in [-0.15, -0.1) is 0 Å². The molecule has 0 spiro atoms. The van der Waals surface area contributed by atoms with Crippen molar-refractivity contribution in [3.05, 3.63) is 87.0 Å². The molecule has 8 nitrogen and oxygen atoms in total. The number of hydrogen-bond donors (Lipinski definition) is 3. The van der Waals surface area contributed by atoms with Crippen LogP contribution in [0, 0.1) is 30.3 Å². The van der Waals surface area contributed by atoms with Gasteiger partial charge in [0.15, 0.2) is 17.4 Å². The lowest BCUT2D eigenvalue weighted by molar-refractivity contribution is -0.139. The van der Waals surface area contributed by atoms with E-state index < -0.39 is 52.3 Å². The number of nitrogens with one attached hydrogen (secondary N) is 1. The minimum absolute atomic E-state index is 0.0441. The Morgan fingerprint density at radius 2 is 1.72 bits per heavy atom. The van der Waals surface area contributed by atoms with Crippen LogP contribution < -0.4 is 21.3 Å². The second kappa shape index (κ2) is 12.6. The van der Waals surface area contributed by atoms with Crippen LogP contribution >= 0.6 is 0 Å². The monoisotopic (exact) mass is 545 g/mol.